The summed E-state index contributed by atoms with van der Waals surface area (Å²) in [7, 11) is 1.50. The van der Waals surface area contributed by atoms with E-state index in [-0.39, 0.29) is 18.1 Å². The zero-order chi connectivity index (χ0) is 21.5. The lowest BCUT2D eigenvalue weighted by molar-refractivity contribution is -0.384. The largest absolute Gasteiger partial charge is 0.493 e. The Labute approximate surface area is 179 Å². The fourth-order valence-corrected chi connectivity index (χ4v) is 3.03. The number of nitro groups is 1. The highest BCUT2D eigenvalue weighted by Crippen LogP contribution is 2.37. The number of carbonyl (C=O) groups is 1. The van der Waals surface area contributed by atoms with Gasteiger partial charge >= 0.3 is 5.91 Å². The van der Waals surface area contributed by atoms with Crippen LogP contribution in [0.25, 0.3) is 0 Å². The monoisotopic (exact) mass is 473 g/mol. The molecule has 0 aliphatic heterocycles. The molecule has 0 atom stereocenters. The minimum absolute atomic E-state index is 0.0142. The molecule has 0 radical (unpaired) electrons. The van der Waals surface area contributed by atoms with Crippen LogP contribution in [0.4, 0.5) is 5.69 Å². The Bertz CT molecular complexity index is 1060. The highest BCUT2D eigenvalue weighted by molar-refractivity contribution is 9.10. The SMILES string of the molecule is COc1cc(/C=N/NC(=O)c2ccco2)cc(Br)c1OCc1ccc([N+](=O)[O-])cc1. The van der Waals surface area contributed by atoms with Gasteiger partial charge in [-0.1, -0.05) is 0 Å². The molecule has 154 valence electrons. The molecule has 0 aliphatic rings. The summed E-state index contributed by atoms with van der Waals surface area (Å²) in [6, 6.07) is 12.7. The van der Waals surface area contributed by atoms with Gasteiger partial charge in [0.25, 0.3) is 5.69 Å². The number of non-ortho nitro benzene ring substituents is 1. The number of nitro benzene ring substituents is 1. The minimum Gasteiger partial charge on any atom is -0.493 e. The summed E-state index contributed by atoms with van der Waals surface area (Å²) in [5.41, 5.74) is 3.80. The lowest BCUT2D eigenvalue weighted by Crippen LogP contribution is -2.16. The molecular formula is C20H16BrN3O6. The van der Waals surface area contributed by atoms with E-state index in [1.165, 1.54) is 37.8 Å². The van der Waals surface area contributed by atoms with Gasteiger partial charge in [0.2, 0.25) is 0 Å². The number of furan rings is 1. The molecule has 1 N–H and O–H groups in total. The number of hydrogen-bond donors (Lipinski definition) is 1. The molecule has 3 rings (SSSR count). The maximum absolute atomic E-state index is 11.8. The molecule has 1 amide bonds. The standard InChI is InChI=1S/C20H16BrN3O6/c1-28-18-10-14(11-22-23-20(25)17-3-2-8-29-17)9-16(21)19(18)30-12-13-4-6-15(7-5-13)24(26)27/h2-11H,12H2,1H3,(H,23,25)/b22-11+. The molecule has 0 bridgehead atoms. The van der Waals surface area contributed by atoms with E-state index in [0.29, 0.717) is 21.5 Å². The van der Waals surface area contributed by atoms with Gasteiger partial charge in [-0.05, 0) is 63.5 Å². The van der Waals surface area contributed by atoms with Crippen LogP contribution in [0.1, 0.15) is 21.7 Å². The molecule has 0 spiro atoms. The van der Waals surface area contributed by atoms with E-state index in [1.807, 2.05) is 0 Å². The van der Waals surface area contributed by atoms with Crippen molar-refractivity contribution in [1.82, 2.24) is 5.43 Å². The van der Waals surface area contributed by atoms with Gasteiger partial charge in [-0.3, -0.25) is 14.9 Å². The zero-order valence-corrected chi connectivity index (χ0v) is 17.3. The molecule has 1 aromatic heterocycles. The van der Waals surface area contributed by atoms with Gasteiger partial charge in [-0.25, -0.2) is 5.43 Å². The Balaban J connectivity index is 1.68. The second-order valence-corrected chi connectivity index (χ2v) is 6.78. The number of hydrogen-bond acceptors (Lipinski definition) is 7. The van der Waals surface area contributed by atoms with Crippen LogP contribution < -0.4 is 14.9 Å². The van der Waals surface area contributed by atoms with E-state index in [9.17, 15) is 14.9 Å². The number of methoxy groups -OCH3 is 1. The number of nitrogens with one attached hydrogen (secondary N) is 1. The van der Waals surface area contributed by atoms with Crippen LogP contribution in [-0.2, 0) is 6.61 Å². The van der Waals surface area contributed by atoms with E-state index < -0.39 is 10.8 Å². The summed E-state index contributed by atoms with van der Waals surface area (Å²) in [5.74, 6) is 0.601. The Morgan fingerprint density at radius 1 is 1.30 bits per heavy atom. The zero-order valence-electron chi connectivity index (χ0n) is 15.7. The molecule has 0 unspecified atom stereocenters. The molecule has 3 aromatic rings. The molecule has 2 aromatic carbocycles. The van der Waals surface area contributed by atoms with Gasteiger partial charge in [0.05, 0.1) is 29.0 Å². The summed E-state index contributed by atoms with van der Waals surface area (Å²) < 4.78 is 16.8. The number of ether oxygens (including phenoxy) is 2. The van der Waals surface area contributed by atoms with Gasteiger partial charge in [-0.2, -0.15) is 5.10 Å². The Hall–Kier alpha value is -3.66. The Morgan fingerprint density at radius 3 is 2.70 bits per heavy atom. The van der Waals surface area contributed by atoms with Crippen LogP contribution >= 0.6 is 15.9 Å². The topological polar surface area (TPSA) is 116 Å². The first-order valence-electron chi connectivity index (χ1n) is 8.58. The van der Waals surface area contributed by atoms with Crippen LogP contribution in [0.15, 0.2) is 68.8 Å². The van der Waals surface area contributed by atoms with Gasteiger partial charge in [0.15, 0.2) is 17.3 Å². The summed E-state index contributed by atoms with van der Waals surface area (Å²) in [5, 5.41) is 14.6. The number of nitrogens with zero attached hydrogens (tertiary/aromatic N) is 2. The van der Waals surface area contributed by atoms with E-state index in [1.54, 1.807) is 30.3 Å². The average molecular weight is 474 g/mol. The van der Waals surface area contributed by atoms with Crippen molar-refractivity contribution >= 4 is 33.7 Å². The third-order valence-corrected chi connectivity index (χ3v) is 4.50. The van der Waals surface area contributed by atoms with Crippen LogP contribution in [0, 0.1) is 10.1 Å². The van der Waals surface area contributed by atoms with Crippen molar-refractivity contribution in [3.63, 3.8) is 0 Å². The normalized spacial score (nSPS) is 10.7. The van der Waals surface area contributed by atoms with Gasteiger partial charge in [-0.15, -0.1) is 0 Å². The van der Waals surface area contributed by atoms with Crippen molar-refractivity contribution in [3.05, 3.63) is 86.3 Å². The third kappa shape index (κ3) is 5.23. The quantitative estimate of drug-likeness (QED) is 0.296. The minimum atomic E-state index is -0.467. The van der Waals surface area contributed by atoms with Crippen molar-refractivity contribution < 1.29 is 23.6 Å². The summed E-state index contributed by atoms with van der Waals surface area (Å²) in [6.07, 6.45) is 2.85. The van der Waals surface area contributed by atoms with Crippen molar-refractivity contribution in [2.45, 2.75) is 6.61 Å². The first-order valence-corrected chi connectivity index (χ1v) is 9.38. The molecule has 0 fully saturated rings. The van der Waals surface area contributed by atoms with E-state index in [2.05, 4.69) is 26.5 Å². The van der Waals surface area contributed by atoms with Crippen LogP contribution in [0.3, 0.4) is 0 Å². The van der Waals surface area contributed by atoms with E-state index >= 15 is 0 Å². The Morgan fingerprint density at radius 2 is 2.07 bits per heavy atom. The second-order valence-electron chi connectivity index (χ2n) is 5.92. The molecule has 0 saturated heterocycles. The molecule has 0 saturated carbocycles. The van der Waals surface area contributed by atoms with Crippen molar-refractivity contribution in [1.29, 1.82) is 0 Å². The molecule has 9 nitrogen and oxygen atoms in total. The number of carbonyl (C=O) groups excluding carboxylic acids is 1. The van der Waals surface area contributed by atoms with Crippen molar-refractivity contribution in [2.24, 2.45) is 5.10 Å². The van der Waals surface area contributed by atoms with Gasteiger partial charge in [0, 0.05) is 12.1 Å². The summed E-state index contributed by atoms with van der Waals surface area (Å²) in [4.78, 5) is 22.1. The highest BCUT2D eigenvalue weighted by Gasteiger charge is 2.13. The number of hydrazone groups is 1. The average Bonchev–Trinajstić information content (AvgIpc) is 3.28. The summed E-state index contributed by atoms with van der Waals surface area (Å²) >= 11 is 3.44. The van der Waals surface area contributed by atoms with Crippen LogP contribution in [0.5, 0.6) is 11.5 Å². The van der Waals surface area contributed by atoms with E-state index in [4.69, 9.17) is 13.9 Å². The fourth-order valence-electron chi connectivity index (χ4n) is 2.45. The summed E-state index contributed by atoms with van der Waals surface area (Å²) in [6.45, 7) is 0.194. The number of halogens is 1. The fraction of sp³-hybridized carbons (Fsp3) is 0.100. The van der Waals surface area contributed by atoms with Crippen molar-refractivity contribution in [3.8, 4) is 11.5 Å². The van der Waals surface area contributed by atoms with Gasteiger partial charge in [0.1, 0.15) is 6.61 Å². The lowest BCUT2D eigenvalue weighted by atomic mass is 10.2. The first kappa shape index (κ1) is 21.1. The first-order chi connectivity index (χ1) is 14.5. The highest BCUT2D eigenvalue weighted by atomic mass is 79.9. The number of benzene rings is 2. The molecule has 30 heavy (non-hydrogen) atoms. The smallest absolute Gasteiger partial charge is 0.307 e. The predicted octanol–water partition coefficient (Wildman–Crippen LogP) is 4.30. The van der Waals surface area contributed by atoms with Crippen molar-refractivity contribution in [2.75, 3.05) is 7.11 Å². The maximum Gasteiger partial charge on any atom is 0.307 e. The molecule has 10 heteroatoms. The Kier molecular flexibility index (Phi) is 6.81. The molecular weight excluding hydrogens is 458 g/mol. The van der Waals surface area contributed by atoms with Crippen LogP contribution in [0.2, 0.25) is 0 Å². The maximum atomic E-state index is 11.8. The number of amides is 1. The van der Waals surface area contributed by atoms with Gasteiger partial charge < -0.3 is 13.9 Å². The number of rotatable bonds is 8. The second kappa shape index (κ2) is 9.70. The lowest BCUT2D eigenvalue weighted by Gasteiger charge is -2.13. The molecule has 0 aliphatic carbocycles. The predicted molar refractivity (Wildman–Crippen MR) is 112 cm³/mol. The third-order valence-electron chi connectivity index (χ3n) is 3.91. The molecule has 1 heterocycles. The van der Waals surface area contributed by atoms with Crippen LogP contribution in [-0.4, -0.2) is 24.2 Å². The van der Waals surface area contributed by atoms with E-state index in [0.717, 1.165) is 5.56 Å².